The van der Waals surface area contributed by atoms with Crippen molar-refractivity contribution >= 4 is 16.9 Å². The Balaban J connectivity index is 1.69. The Labute approximate surface area is 168 Å². The smallest absolute Gasteiger partial charge is 0.165 e. The summed E-state index contributed by atoms with van der Waals surface area (Å²) in [4.78, 5) is 17.4. The number of aryl methyl sites for hydroxylation is 1. The van der Waals surface area contributed by atoms with E-state index in [0.29, 0.717) is 28.4 Å². The van der Waals surface area contributed by atoms with Crippen LogP contribution in [0, 0.1) is 18.8 Å². The number of pyridine rings is 2. The molecule has 1 aromatic carbocycles. The molecular formula is C23H19N5O. The molecule has 0 saturated heterocycles. The second-order valence-corrected chi connectivity index (χ2v) is 6.84. The lowest BCUT2D eigenvalue weighted by molar-refractivity contribution is 0.117. The third-order valence-corrected chi connectivity index (χ3v) is 4.45. The number of fused-ring (bicyclic) bond motifs is 1. The van der Waals surface area contributed by atoms with E-state index in [0.717, 1.165) is 16.8 Å². The van der Waals surface area contributed by atoms with Gasteiger partial charge in [-0.15, -0.1) is 0 Å². The normalized spacial score (nSPS) is 12.8. The highest BCUT2D eigenvalue weighted by Gasteiger charge is 2.21. The van der Waals surface area contributed by atoms with Crippen LogP contribution in [0.4, 0.5) is 5.82 Å². The summed E-state index contributed by atoms with van der Waals surface area (Å²) < 4.78 is 0. The van der Waals surface area contributed by atoms with E-state index in [1.807, 2.05) is 42.5 Å². The topological polar surface area (TPSA) is 97.8 Å². The van der Waals surface area contributed by atoms with Crippen molar-refractivity contribution in [3.63, 3.8) is 0 Å². The molecule has 1 atom stereocenters. The van der Waals surface area contributed by atoms with Crippen molar-refractivity contribution in [2.45, 2.75) is 19.4 Å². The number of nitrogens with two attached hydrogens (primary N) is 1. The van der Waals surface area contributed by atoms with Crippen LogP contribution < -0.4 is 5.73 Å². The predicted molar refractivity (Wildman–Crippen MR) is 113 cm³/mol. The Kier molecular flexibility index (Phi) is 4.67. The number of nitrogen functional groups attached to an aromatic ring is 1. The lowest BCUT2D eigenvalue weighted by atomic mass is 10.0. The number of anilines is 1. The van der Waals surface area contributed by atoms with Crippen LogP contribution in [0.1, 0.15) is 24.0 Å². The van der Waals surface area contributed by atoms with Crippen LogP contribution in [0.5, 0.6) is 0 Å². The molecule has 6 nitrogen and oxygen atoms in total. The third kappa shape index (κ3) is 3.91. The van der Waals surface area contributed by atoms with Crippen molar-refractivity contribution in [2.24, 2.45) is 0 Å². The number of aromatic nitrogens is 4. The van der Waals surface area contributed by atoms with Crippen LogP contribution in [0.25, 0.3) is 22.3 Å². The van der Waals surface area contributed by atoms with E-state index in [4.69, 9.17) is 5.73 Å². The Hall–Kier alpha value is -3.82. The van der Waals surface area contributed by atoms with Crippen LogP contribution in [0.2, 0.25) is 0 Å². The molecule has 29 heavy (non-hydrogen) atoms. The van der Waals surface area contributed by atoms with Crippen molar-refractivity contribution in [2.75, 3.05) is 5.73 Å². The molecule has 0 aliphatic rings. The minimum Gasteiger partial charge on any atom is -0.382 e. The van der Waals surface area contributed by atoms with E-state index >= 15 is 0 Å². The molecule has 142 valence electrons. The molecule has 4 rings (SSSR count). The van der Waals surface area contributed by atoms with Gasteiger partial charge in [-0.2, -0.15) is 0 Å². The molecule has 0 saturated carbocycles. The fourth-order valence-corrected chi connectivity index (χ4v) is 2.98. The molecule has 3 N–H and O–H groups in total. The quantitative estimate of drug-likeness (QED) is 0.517. The van der Waals surface area contributed by atoms with Crippen molar-refractivity contribution < 1.29 is 5.11 Å². The highest BCUT2D eigenvalue weighted by atomic mass is 16.3. The number of nitrogens with zero attached hydrogens (tertiary/aromatic N) is 4. The van der Waals surface area contributed by atoms with Crippen LogP contribution >= 0.6 is 0 Å². The van der Waals surface area contributed by atoms with Gasteiger partial charge in [-0.3, -0.25) is 4.98 Å². The first-order valence-electron chi connectivity index (χ1n) is 9.11. The van der Waals surface area contributed by atoms with Gasteiger partial charge in [0.2, 0.25) is 0 Å². The summed E-state index contributed by atoms with van der Waals surface area (Å²) in [5, 5.41) is 10.6. The summed E-state index contributed by atoms with van der Waals surface area (Å²) in [6, 6.07) is 16.8. The molecule has 0 bridgehead atoms. The molecule has 3 heterocycles. The zero-order chi connectivity index (χ0) is 20.4. The summed E-state index contributed by atoms with van der Waals surface area (Å²) in [5.74, 6) is 6.90. The first-order valence-corrected chi connectivity index (χ1v) is 9.11. The summed E-state index contributed by atoms with van der Waals surface area (Å²) in [7, 11) is 0. The fraction of sp³-hybridized carbons (Fsp3) is 0.130. The van der Waals surface area contributed by atoms with Gasteiger partial charge in [0.15, 0.2) is 11.4 Å². The maximum absolute atomic E-state index is 10.6. The molecule has 6 heteroatoms. The molecular weight excluding hydrogens is 362 g/mol. The maximum atomic E-state index is 10.6. The Bertz CT molecular complexity index is 1260. The molecule has 0 aliphatic carbocycles. The minimum absolute atomic E-state index is 0.358. The molecule has 0 spiro atoms. The number of hydrogen-bond donors (Lipinski definition) is 2. The number of aliphatic hydroxyl groups is 1. The van der Waals surface area contributed by atoms with E-state index < -0.39 is 5.60 Å². The SMILES string of the molecule is Cc1nc(N)c2nc(-c3cccc(C#C[C@@](C)(O)c4ccccn4)c3)ccc2n1. The van der Waals surface area contributed by atoms with Crippen molar-refractivity contribution in [1.29, 1.82) is 0 Å². The van der Waals surface area contributed by atoms with Crippen molar-refractivity contribution in [3.8, 4) is 23.1 Å². The summed E-state index contributed by atoms with van der Waals surface area (Å²) in [6.07, 6.45) is 1.63. The molecule has 0 aliphatic heterocycles. The Morgan fingerprint density at radius 3 is 2.66 bits per heavy atom. The van der Waals surface area contributed by atoms with E-state index in [2.05, 4.69) is 31.8 Å². The molecule has 0 amide bonds. The van der Waals surface area contributed by atoms with Crippen LogP contribution in [-0.2, 0) is 5.60 Å². The molecule has 0 fully saturated rings. The lowest BCUT2D eigenvalue weighted by Crippen LogP contribution is -2.19. The highest BCUT2D eigenvalue weighted by molar-refractivity contribution is 5.86. The lowest BCUT2D eigenvalue weighted by Gasteiger charge is -2.14. The number of hydrogen-bond acceptors (Lipinski definition) is 6. The van der Waals surface area contributed by atoms with Crippen molar-refractivity contribution in [1.82, 2.24) is 19.9 Å². The molecule has 0 unspecified atom stereocenters. The van der Waals surface area contributed by atoms with Crippen LogP contribution in [-0.4, -0.2) is 25.0 Å². The first kappa shape index (κ1) is 18.5. The Morgan fingerprint density at radius 1 is 1.00 bits per heavy atom. The van der Waals surface area contributed by atoms with Gasteiger partial charge in [0.25, 0.3) is 0 Å². The summed E-state index contributed by atoms with van der Waals surface area (Å²) in [6.45, 7) is 3.42. The van der Waals surface area contributed by atoms with Crippen LogP contribution in [0.15, 0.2) is 60.8 Å². The standard InChI is InChI=1S/C23H19N5O/c1-15-26-19-10-9-18(28-21(19)22(24)27-15)17-7-5-6-16(14-17)11-12-23(2,29)20-8-3-4-13-25-20/h3-10,13-14,29H,1-2H3,(H2,24,26,27)/t23-/m1/s1. The van der Waals surface area contributed by atoms with Gasteiger partial charge < -0.3 is 10.8 Å². The third-order valence-electron chi connectivity index (χ3n) is 4.45. The van der Waals surface area contributed by atoms with Gasteiger partial charge in [-0.25, -0.2) is 15.0 Å². The first-order chi connectivity index (χ1) is 13.9. The van der Waals surface area contributed by atoms with Gasteiger partial charge >= 0.3 is 0 Å². The predicted octanol–water partition coefficient (Wildman–Crippen LogP) is 3.24. The van der Waals surface area contributed by atoms with Gasteiger partial charge in [-0.1, -0.05) is 30.0 Å². The average molecular weight is 381 g/mol. The molecule has 3 aromatic heterocycles. The highest BCUT2D eigenvalue weighted by Crippen LogP contribution is 2.23. The average Bonchev–Trinajstić information content (AvgIpc) is 2.73. The van der Waals surface area contributed by atoms with Crippen LogP contribution in [0.3, 0.4) is 0 Å². The fourth-order valence-electron chi connectivity index (χ4n) is 2.98. The van der Waals surface area contributed by atoms with Gasteiger partial charge in [0.05, 0.1) is 16.9 Å². The van der Waals surface area contributed by atoms with E-state index in [-0.39, 0.29) is 0 Å². The Morgan fingerprint density at radius 2 is 1.86 bits per heavy atom. The second kappa shape index (κ2) is 7.30. The minimum atomic E-state index is -1.35. The second-order valence-electron chi connectivity index (χ2n) is 6.84. The monoisotopic (exact) mass is 381 g/mol. The largest absolute Gasteiger partial charge is 0.382 e. The van der Waals surface area contributed by atoms with Gasteiger partial charge in [0, 0.05) is 17.3 Å². The van der Waals surface area contributed by atoms with E-state index in [1.165, 1.54) is 0 Å². The van der Waals surface area contributed by atoms with E-state index in [1.54, 1.807) is 32.2 Å². The summed E-state index contributed by atoms with van der Waals surface area (Å²) >= 11 is 0. The summed E-state index contributed by atoms with van der Waals surface area (Å²) in [5.41, 5.74) is 8.85. The number of rotatable bonds is 2. The van der Waals surface area contributed by atoms with Gasteiger partial charge in [-0.05, 0) is 50.2 Å². The van der Waals surface area contributed by atoms with E-state index in [9.17, 15) is 5.11 Å². The van der Waals surface area contributed by atoms with Crippen molar-refractivity contribution in [3.05, 3.63) is 77.9 Å². The van der Waals surface area contributed by atoms with Gasteiger partial charge in [0.1, 0.15) is 11.3 Å². The maximum Gasteiger partial charge on any atom is 0.165 e. The molecule has 4 aromatic rings. The molecule has 0 radical (unpaired) electrons. The zero-order valence-corrected chi connectivity index (χ0v) is 16.1. The number of benzene rings is 1. The zero-order valence-electron chi connectivity index (χ0n) is 16.1.